The highest BCUT2D eigenvalue weighted by atomic mass is 16.3. The molecule has 0 bridgehead atoms. The fourth-order valence-electron chi connectivity index (χ4n) is 8.64. The van der Waals surface area contributed by atoms with E-state index in [0.29, 0.717) is 0 Å². The van der Waals surface area contributed by atoms with Gasteiger partial charge in [0.2, 0.25) is 0 Å². The zero-order chi connectivity index (χ0) is 34.9. The zero-order valence-electron chi connectivity index (χ0n) is 28.9. The van der Waals surface area contributed by atoms with Crippen molar-refractivity contribution in [3.63, 3.8) is 0 Å². The summed E-state index contributed by atoms with van der Waals surface area (Å²) in [6.07, 6.45) is 0. The minimum absolute atomic E-state index is 0.914. The molecule has 0 saturated carbocycles. The summed E-state index contributed by atoms with van der Waals surface area (Å²) in [5, 5.41) is 12.4. The molecule has 0 radical (unpaired) electrons. The van der Waals surface area contributed by atoms with Crippen molar-refractivity contribution in [2.24, 2.45) is 0 Å². The number of furan rings is 1. The summed E-state index contributed by atoms with van der Waals surface area (Å²) in [4.78, 5) is 0. The first-order chi connectivity index (χ1) is 26.3. The van der Waals surface area contributed by atoms with E-state index < -0.39 is 0 Å². The third-order valence-electron chi connectivity index (χ3n) is 11.0. The first kappa shape index (κ1) is 29.7. The molecule has 0 aliphatic rings. The van der Waals surface area contributed by atoms with Crippen LogP contribution in [-0.4, -0.2) is 0 Å². The van der Waals surface area contributed by atoms with Gasteiger partial charge in [0.1, 0.15) is 11.2 Å². The fourth-order valence-corrected chi connectivity index (χ4v) is 8.64. The van der Waals surface area contributed by atoms with Crippen LogP contribution in [0.4, 0.5) is 0 Å². The normalized spacial score (nSPS) is 11.8. The molecule has 10 aromatic carbocycles. The predicted octanol–water partition coefficient (Wildman–Crippen LogP) is 14.9. The molecule has 0 aliphatic heterocycles. The van der Waals surface area contributed by atoms with Crippen LogP contribution in [0.15, 0.2) is 199 Å². The SMILES string of the molecule is c1cc(-c2ccc3oc4ccccc4c3c2)cc(-c2c3ccccc3c(-c3cccc(-c4cccc5c4ccc4ccccc45)c3)c3ccccc23)c1. The summed E-state index contributed by atoms with van der Waals surface area (Å²) in [5.41, 5.74) is 11.6. The summed E-state index contributed by atoms with van der Waals surface area (Å²) < 4.78 is 6.15. The van der Waals surface area contributed by atoms with Gasteiger partial charge in [-0.05, 0) is 118 Å². The first-order valence-corrected chi connectivity index (χ1v) is 18.3. The quantitative estimate of drug-likeness (QED) is 0.134. The van der Waals surface area contributed by atoms with E-state index in [-0.39, 0.29) is 0 Å². The highest BCUT2D eigenvalue weighted by molar-refractivity contribution is 6.22. The molecule has 0 N–H and O–H groups in total. The second-order valence-electron chi connectivity index (χ2n) is 14.0. The lowest BCUT2D eigenvalue weighted by atomic mass is 9.84. The maximum Gasteiger partial charge on any atom is 0.135 e. The van der Waals surface area contributed by atoms with Crippen molar-refractivity contribution in [2.45, 2.75) is 0 Å². The van der Waals surface area contributed by atoms with Gasteiger partial charge < -0.3 is 4.42 Å². The number of fused-ring (bicyclic) bond motifs is 8. The topological polar surface area (TPSA) is 13.1 Å². The van der Waals surface area contributed by atoms with Gasteiger partial charge in [-0.15, -0.1) is 0 Å². The molecule has 0 fully saturated rings. The molecular formula is C52H32O. The maximum atomic E-state index is 6.15. The van der Waals surface area contributed by atoms with Gasteiger partial charge in [0.15, 0.2) is 0 Å². The molecule has 0 spiro atoms. The minimum Gasteiger partial charge on any atom is -0.456 e. The molecule has 11 rings (SSSR count). The van der Waals surface area contributed by atoms with Crippen LogP contribution in [0, 0.1) is 0 Å². The van der Waals surface area contributed by atoms with Gasteiger partial charge in [-0.3, -0.25) is 0 Å². The molecule has 246 valence electrons. The Kier molecular flexibility index (Phi) is 6.62. The van der Waals surface area contributed by atoms with Crippen LogP contribution in [0.2, 0.25) is 0 Å². The number of rotatable bonds is 4. The van der Waals surface area contributed by atoms with Crippen LogP contribution in [-0.2, 0) is 0 Å². The van der Waals surface area contributed by atoms with Gasteiger partial charge in [-0.25, -0.2) is 0 Å². The average Bonchev–Trinajstić information content (AvgIpc) is 3.60. The van der Waals surface area contributed by atoms with E-state index >= 15 is 0 Å². The Bertz CT molecular complexity index is 3180. The van der Waals surface area contributed by atoms with Crippen molar-refractivity contribution < 1.29 is 4.42 Å². The lowest BCUT2D eigenvalue weighted by Gasteiger charge is -2.19. The maximum absolute atomic E-state index is 6.15. The Morgan fingerprint density at radius 3 is 1.47 bits per heavy atom. The molecular weight excluding hydrogens is 641 g/mol. The molecule has 1 aromatic heterocycles. The molecule has 0 aliphatic carbocycles. The van der Waals surface area contributed by atoms with Crippen molar-refractivity contribution in [2.75, 3.05) is 0 Å². The van der Waals surface area contributed by atoms with Crippen molar-refractivity contribution >= 4 is 65.0 Å². The van der Waals surface area contributed by atoms with Crippen LogP contribution < -0.4 is 0 Å². The van der Waals surface area contributed by atoms with Crippen LogP contribution in [0.3, 0.4) is 0 Å². The van der Waals surface area contributed by atoms with E-state index in [1.807, 2.05) is 12.1 Å². The van der Waals surface area contributed by atoms with Gasteiger partial charge >= 0.3 is 0 Å². The van der Waals surface area contributed by atoms with Crippen molar-refractivity contribution in [1.29, 1.82) is 0 Å². The summed E-state index contributed by atoms with van der Waals surface area (Å²) >= 11 is 0. The Morgan fingerprint density at radius 2 is 0.755 bits per heavy atom. The van der Waals surface area contributed by atoms with Gasteiger partial charge in [-0.2, -0.15) is 0 Å². The lowest BCUT2D eigenvalue weighted by molar-refractivity contribution is 0.669. The minimum atomic E-state index is 0.914. The monoisotopic (exact) mass is 672 g/mol. The van der Waals surface area contributed by atoms with Crippen molar-refractivity contribution in [3.05, 3.63) is 194 Å². The van der Waals surface area contributed by atoms with Gasteiger partial charge in [0.25, 0.3) is 0 Å². The smallest absolute Gasteiger partial charge is 0.135 e. The average molecular weight is 673 g/mol. The van der Waals surface area contributed by atoms with Crippen LogP contribution in [0.1, 0.15) is 0 Å². The highest BCUT2D eigenvalue weighted by Crippen LogP contribution is 2.45. The Balaban J connectivity index is 1.10. The van der Waals surface area contributed by atoms with Crippen molar-refractivity contribution in [3.8, 4) is 44.5 Å². The van der Waals surface area contributed by atoms with Crippen molar-refractivity contribution in [1.82, 2.24) is 0 Å². The molecule has 0 atom stereocenters. The number of hydrogen-bond donors (Lipinski definition) is 0. The molecule has 0 unspecified atom stereocenters. The third-order valence-corrected chi connectivity index (χ3v) is 11.0. The first-order valence-electron chi connectivity index (χ1n) is 18.3. The van der Waals surface area contributed by atoms with Gasteiger partial charge in [0.05, 0.1) is 0 Å². The Labute approximate surface area is 307 Å². The fraction of sp³-hybridized carbons (Fsp3) is 0. The summed E-state index contributed by atoms with van der Waals surface area (Å²) in [6, 6.07) is 70.7. The lowest BCUT2D eigenvalue weighted by Crippen LogP contribution is -1.92. The van der Waals surface area contributed by atoms with E-state index in [0.717, 1.165) is 21.9 Å². The molecule has 0 amide bonds. The summed E-state index contributed by atoms with van der Waals surface area (Å²) in [6.45, 7) is 0. The molecule has 1 heteroatoms. The number of benzene rings is 10. The number of para-hydroxylation sites is 1. The molecule has 1 heterocycles. The Morgan fingerprint density at radius 1 is 0.245 bits per heavy atom. The van der Waals surface area contributed by atoms with Gasteiger partial charge in [0, 0.05) is 10.8 Å². The standard InChI is InChI=1S/C52H32O/c1-2-17-39-33(12-1)26-28-42-40(23-11-24-41(39)42)36-14-10-16-38(31-36)52-46-21-5-3-19-44(46)51(45-20-4-6-22-47(45)52)37-15-9-13-34(30-37)35-27-29-50-48(32-35)43-18-7-8-25-49(43)53-50/h1-32H. The predicted molar refractivity (Wildman–Crippen MR) is 225 cm³/mol. The molecule has 0 saturated heterocycles. The van der Waals surface area contributed by atoms with Crippen LogP contribution >= 0.6 is 0 Å². The zero-order valence-corrected chi connectivity index (χ0v) is 28.9. The van der Waals surface area contributed by atoms with E-state index in [2.05, 4.69) is 182 Å². The van der Waals surface area contributed by atoms with Crippen LogP contribution in [0.5, 0.6) is 0 Å². The Hall–Kier alpha value is -6.96. The van der Waals surface area contributed by atoms with E-state index in [4.69, 9.17) is 4.42 Å². The van der Waals surface area contributed by atoms with E-state index in [1.54, 1.807) is 0 Å². The third kappa shape index (κ3) is 4.71. The largest absolute Gasteiger partial charge is 0.456 e. The highest BCUT2D eigenvalue weighted by Gasteiger charge is 2.18. The van der Waals surface area contributed by atoms with E-state index in [9.17, 15) is 0 Å². The molecule has 11 aromatic rings. The van der Waals surface area contributed by atoms with Crippen LogP contribution in [0.25, 0.3) is 110 Å². The van der Waals surface area contributed by atoms with E-state index in [1.165, 1.54) is 87.6 Å². The number of hydrogen-bond acceptors (Lipinski definition) is 1. The second kappa shape index (κ2) is 11.8. The summed E-state index contributed by atoms with van der Waals surface area (Å²) in [5.74, 6) is 0. The molecule has 1 nitrogen and oxygen atoms in total. The second-order valence-corrected chi connectivity index (χ2v) is 14.0. The van der Waals surface area contributed by atoms with Gasteiger partial charge in [-0.1, -0.05) is 164 Å². The summed E-state index contributed by atoms with van der Waals surface area (Å²) in [7, 11) is 0. The molecule has 53 heavy (non-hydrogen) atoms.